The Morgan fingerprint density at radius 1 is 0.917 bits per heavy atom. The first-order valence-electron chi connectivity index (χ1n) is 11.2. The van der Waals surface area contributed by atoms with E-state index in [1.807, 2.05) is 52.0 Å². The van der Waals surface area contributed by atoms with Gasteiger partial charge >= 0.3 is 25.2 Å². The molecule has 188 valence electrons. The van der Waals surface area contributed by atoms with E-state index in [4.69, 9.17) is 24.3 Å². The van der Waals surface area contributed by atoms with E-state index in [2.05, 4.69) is 5.32 Å². The van der Waals surface area contributed by atoms with Crippen LogP contribution in [0, 0.1) is 0 Å². The third-order valence-corrected chi connectivity index (χ3v) is 6.01. The van der Waals surface area contributed by atoms with Gasteiger partial charge in [0, 0.05) is 12.2 Å². The minimum absolute atomic E-state index is 0.00914. The highest BCUT2D eigenvalue weighted by Gasteiger charge is 2.51. The normalized spacial score (nSPS) is 16.4. The van der Waals surface area contributed by atoms with E-state index >= 15 is 0 Å². The van der Waals surface area contributed by atoms with E-state index in [-0.39, 0.29) is 6.61 Å². The van der Waals surface area contributed by atoms with Gasteiger partial charge in [-0.15, -0.1) is 0 Å². The molecule has 1 amide bonds. The number of carbonyl (C=O) groups excluding carboxylic acids is 1. The van der Waals surface area contributed by atoms with E-state index in [0.717, 1.165) is 23.2 Å². The summed E-state index contributed by atoms with van der Waals surface area (Å²) in [5.41, 5.74) is 1.92. The Hall–Kier alpha value is -3.89. The molecule has 1 saturated heterocycles. The van der Waals surface area contributed by atoms with Crippen LogP contribution >= 0.6 is 0 Å². The summed E-state index contributed by atoms with van der Waals surface area (Å²) in [6, 6.07) is 12.0. The number of benzene rings is 2. The second-order valence-corrected chi connectivity index (χ2v) is 9.22. The van der Waals surface area contributed by atoms with Gasteiger partial charge in [-0.2, -0.15) is 0 Å². The Bertz CT molecular complexity index is 1180. The van der Waals surface area contributed by atoms with Crippen LogP contribution < -0.4 is 10.8 Å². The molecule has 0 unspecified atom stereocenters. The Balaban J connectivity index is 1.63. The lowest BCUT2D eigenvalue weighted by atomic mass is 9.79. The van der Waals surface area contributed by atoms with E-state index in [9.17, 15) is 14.4 Å². The van der Waals surface area contributed by atoms with Gasteiger partial charge in [-0.25, -0.2) is 14.4 Å². The maximum Gasteiger partial charge on any atom is 0.494 e. The van der Waals surface area contributed by atoms with Crippen molar-refractivity contribution in [3.63, 3.8) is 0 Å². The smallest absolute Gasteiger partial charge is 0.478 e. The van der Waals surface area contributed by atoms with Crippen LogP contribution in [0.3, 0.4) is 0 Å². The third-order valence-electron chi connectivity index (χ3n) is 6.01. The van der Waals surface area contributed by atoms with Gasteiger partial charge in [0.1, 0.15) is 6.61 Å². The molecule has 2 aromatic rings. The average Bonchev–Trinajstić information content (AvgIpc) is 3.03. The van der Waals surface area contributed by atoms with Crippen molar-refractivity contribution in [2.45, 2.75) is 45.5 Å². The van der Waals surface area contributed by atoms with Gasteiger partial charge in [0.05, 0.1) is 16.9 Å². The first kappa shape index (κ1) is 26.7. The van der Waals surface area contributed by atoms with Gasteiger partial charge in [-0.1, -0.05) is 30.3 Å². The quantitative estimate of drug-likeness (QED) is 0.373. The number of carboxylic acids is 2. The van der Waals surface area contributed by atoms with Crippen molar-refractivity contribution in [1.29, 1.82) is 0 Å². The summed E-state index contributed by atoms with van der Waals surface area (Å²) in [6.07, 6.45) is 3.79. The molecule has 10 heteroatoms. The van der Waals surface area contributed by atoms with Crippen molar-refractivity contribution in [3.05, 3.63) is 71.3 Å². The van der Waals surface area contributed by atoms with Crippen molar-refractivity contribution in [3.8, 4) is 0 Å². The van der Waals surface area contributed by atoms with Crippen LogP contribution in [0.1, 0.15) is 44.4 Å². The number of aliphatic carboxylic acids is 2. The molecule has 3 N–H and O–H groups in total. The summed E-state index contributed by atoms with van der Waals surface area (Å²) in [7, 11) is -0.487. The maximum atomic E-state index is 12.4. The predicted molar refractivity (Wildman–Crippen MR) is 136 cm³/mol. The minimum Gasteiger partial charge on any atom is -0.478 e. The lowest BCUT2D eigenvalue weighted by molar-refractivity contribution is -0.132. The van der Waals surface area contributed by atoms with E-state index < -0.39 is 36.4 Å². The first-order chi connectivity index (χ1) is 16.9. The molecule has 0 radical (unpaired) electrons. The van der Waals surface area contributed by atoms with Crippen molar-refractivity contribution < 1.29 is 38.6 Å². The molecule has 1 fully saturated rings. The van der Waals surface area contributed by atoms with Crippen molar-refractivity contribution in [1.82, 2.24) is 0 Å². The van der Waals surface area contributed by atoms with Crippen LogP contribution in [-0.2, 0) is 30.2 Å². The zero-order chi connectivity index (χ0) is 26.5. The lowest BCUT2D eigenvalue weighted by Crippen LogP contribution is -2.41. The highest BCUT2D eigenvalue weighted by molar-refractivity contribution is 6.62. The number of hydrogen-bond acceptors (Lipinski definition) is 6. The van der Waals surface area contributed by atoms with Crippen LogP contribution in [0.5, 0.6) is 0 Å². The number of ether oxygens (including phenoxy) is 1. The van der Waals surface area contributed by atoms with E-state index in [1.165, 1.54) is 18.2 Å². The second kappa shape index (κ2) is 10.8. The molecule has 36 heavy (non-hydrogen) atoms. The Morgan fingerprint density at radius 3 is 2.08 bits per heavy atom. The summed E-state index contributed by atoms with van der Waals surface area (Å²) < 4.78 is 17.4. The molecule has 0 bridgehead atoms. The fraction of sp³-hybridized carbons (Fsp3) is 0.269. The monoisotopic (exact) mass is 493 g/mol. The molecule has 0 atom stereocenters. The third kappa shape index (κ3) is 6.83. The van der Waals surface area contributed by atoms with Crippen LogP contribution in [0.25, 0.3) is 12.2 Å². The van der Waals surface area contributed by atoms with Gasteiger partial charge in [0.15, 0.2) is 0 Å². The van der Waals surface area contributed by atoms with Crippen LogP contribution in [0.4, 0.5) is 10.5 Å². The lowest BCUT2D eigenvalue weighted by Gasteiger charge is -2.32. The zero-order valence-electron chi connectivity index (χ0n) is 20.5. The highest BCUT2D eigenvalue weighted by Crippen LogP contribution is 2.36. The largest absolute Gasteiger partial charge is 0.494 e. The number of carbonyl (C=O) groups is 3. The van der Waals surface area contributed by atoms with E-state index in [1.54, 1.807) is 12.1 Å². The molecule has 1 aliphatic heterocycles. The Kier molecular flexibility index (Phi) is 8.01. The SMILES string of the molecule is CC1(C)OB(c2ccc(COC(=O)Nc3ccc(/C=C/C(=O)O)cc3/C=C/C(=O)O)cc2)OC1(C)C. The molecule has 0 spiro atoms. The molecule has 1 aliphatic rings. The predicted octanol–water partition coefficient (Wildman–Crippen LogP) is 3.93. The number of anilines is 1. The zero-order valence-corrected chi connectivity index (χ0v) is 20.5. The summed E-state index contributed by atoms with van der Waals surface area (Å²) in [5.74, 6) is -2.29. The first-order valence-corrected chi connectivity index (χ1v) is 11.2. The summed E-state index contributed by atoms with van der Waals surface area (Å²) in [4.78, 5) is 34.1. The molecule has 0 aromatic heterocycles. The number of rotatable bonds is 8. The molecule has 0 saturated carbocycles. The number of nitrogens with one attached hydrogen (secondary N) is 1. The molecule has 1 heterocycles. The summed E-state index contributed by atoms with van der Waals surface area (Å²) >= 11 is 0. The van der Waals surface area contributed by atoms with Gasteiger partial charge in [0.2, 0.25) is 0 Å². The van der Waals surface area contributed by atoms with Crippen LogP contribution in [-0.4, -0.2) is 46.6 Å². The number of carboxylic acid groups (broad SMARTS) is 2. The van der Waals surface area contributed by atoms with Crippen LogP contribution in [0.15, 0.2) is 54.6 Å². The van der Waals surface area contributed by atoms with Crippen molar-refractivity contribution in [2.75, 3.05) is 5.32 Å². The summed E-state index contributed by atoms with van der Waals surface area (Å²) in [6.45, 7) is 7.94. The molecular weight excluding hydrogens is 465 g/mol. The molecule has 9 nitrogen and oxygen atoms in total. The fourth-order valence-corrected chi connectivity index (χ4v) is 3.31. The topological polar surface area (TPSA) is 131 Å². The molecule has 2 aromatic carbocycles. The summed E-state index contributed by atoms with van der Waals surface area (Å²) in [5, 5.41) is 20.3. The fourth-order valence-electron chi connectivity index (χ4n) is 3.31. The Labute approximate surface area is 209 Å². The highest BCUT2D eigenvalue weighted by atomic mass is 16.7. The Morgan fingerprint density at radius 2 is 1.50 bits per heavy atom. The van der Waals surface area contributed by atoms with Gasteiger partial charge in [0.25, 0.3) is 0 Å². The number of hydrogen-bond donors (Lipinski definition) is 3. The minimum atomic E-state index is -1.17. The van der Waals surface area contributed by atoms with E-state index in [0.29, 0.717) is 16.8 Å². The molecular formula is C26H28BNO8. The van der Waals surface area contributed by atoms with Crippen LogP contribution in [0.2, 0.25) is 0 Å². The number of amides is 1. The average molecular weight is 493 g/mol. The van der Waals surface area contributed by atoms with Gasteiger partial charge < -0.3 is 24.3 Å². The van der Waals surface area contributed by atoms with Gasteiger partial charge in [-0.3, -0.25) is 5.32 Å². The molecule has 0 aliphatic carbocycles. The standard InChI is InChI=1S/C26H28BNO8/c1-25(2)26(3,4)36-27(35-25)20-10-5-18(6-11-20)16-34-24(33)28-21-12-7-17(8-13-22(29)30)15-19(21)9-14-23(31)32/h5-15H,16H2,1-4H3,(H,28,33)(H,29,30)(H,31,32)/b13-8+,14-9+. The molecule has 3 rings (SSSR count). The maximum absolute atomic E-state index is 12.4. The second-order valence-electron chi connectivity index (χ2n) is 9.22. The van der Waals surface area contributed by atoms with Gasteiger partial charge in [-0.05, 0) is 74.1 Å². The van der Waals surface area contributed by atoms with Crippen molar-refractivity contribution in [2.24, 2.45) is 0 Å². The van der Waals surface area contributed by atoms with Crippen molar-refractivity contribution >= 4 is 48.5 Å².